The second-order valence-corrected chi connectivity index (χ2v) is 2.05. The summed E-state index contributed by atoms with van der Waals surface area (Å²) >= 11 is 5.70. The first-order valence-corrected chi connectivity index (χ1v) is 3.12. The van der Waals surface area contributed by atoms with E-state index in [0.717, 1.165) is 0 Å². The Kier molecular flexibility index (Phi) is 2.48. The van der Waals surface area contributed by atoms with Gasteiger partial charge in [-0.1, -0.05) is 11.6 Å². The third-order valence-corrected chi connectivity index (χ3v) is 1.26. The lowest BCUT2D eigenvalue weighted by Gasteiger charge is -2.01. The molecule has 0 amide bonds. The highest BCUT2D eigenvalue weighted by Gasteiger charge is 1.95. The maximum absolute atomic E-state index is 5.70. The number of hydrogen-bond acceptors (Lipinski definition) is 3. The first-order chi connectivity index (χ1) is 4.84. The topological polar surface area (TPSA) is 34.1 Å². The van der Waals surface area contributed by atoms with Crippen molar-refractivity contribution in [2.75, 3.05) is 12.6 Å². The van der Waals surface area contributed by atoms with Gasteiger partial charge >= 0.3 is 0 Å². The Bertz CT molecular complexity index is 217. The van der Waals surface area contributed by atoms with Gasteiger partial charge in [0.25, 0.3) is 0 Å². The van der Waals surface area contributed by atoms with Crippen molar-refractivity contribution in [3.63, 3.8) is 0 Å². The Morgan fingerprint density at radius 1 is 1.70 bits per heavy atom. The largest absolute Gasteiger partial charge is 0.278 e. The summed E-state index contributed by atoms with van der Waals surface area (Å²) in [5.74, 6) is 0.534. The van der Waals surface area contributed by atoms with Gasteiger partial charge in [0.1, 0.15) is 0 Å². The van der Waals surface area contributed by atoms with Crippen molar-refractivity contribution in [2.45, 2.75) is 0 Å². The number of halogens is 1. The molecule has 1 rings (SSSR count). The van der Waals surface area contributed by atoms with Crippen LogP contribution in [0.15, 0.2) is 18.3 Å². The number of hydrogen-bond donors (Lipinski definition) is 1. The minimum atomic E-state index is 0.534. The van der Waals surface area contributed by atoms with E-state index >= 15 is 0 Å². The number of aromatic nitrogens is 1. The van der Waals surface area contributed by atoms with Crippen molar-refractivity contribution in [1.82, 2.24) is 4.98 Å². The summed E-state index contributed by atoms with van der Waals surface area (Å²) in [7, 11) is 1.50. The Labute approximate surface area is 63.9 Å². The van der Waals surface area contributed by atoms with E-state index < -0.39 is 0 Å². The monoisotopic (exact) mass is 158 g/mol. The lowest BCUT2D eigenvalue weighted by molar-refractivity contribution is 0.269. The molecule has 4 heteroatoms. The fraction of sp³-hybridized carbons (Fsp3) is 0.167. The summed E-state index contributed by atoms with van der Waals surface area (Å²) in [4.78, 5) is 8.51. The maximum Gasteiger partial charge on any atom is 0.168 e. The molecule has 1 heterocycles. The Balaban J connectivity index is 2.81. The Hall–Kier alpha value is -0.800. The zero-order valence-corrected chi connectivity index (χ0v) is 6.22. The Morgan fingerprint density at radius 2 is 2.50 bits per heavy atom. The lowest BCUT2D eigenvalue weighted by atomic mass is 10.5. The summed E-state index contributed by atoms with van der Waals surface area (Å²) in [5.41, 5.74) is 2.53. The van der Waals surface area contributed by atoms with Crippen LogP contribution in [0.4, 0.5) is 5.82 Å². The van der Waals surface area contributed by atoms with Crippen LogP contribution in [0.25, 0.3) is 0 Å². The molecule has 0 bridgehead atoms. The van der Waals surface area contributed by atoms with Crippen LogP contribution in [0, 0.1) is 0 Å². The van der Waals surface area contributed by atoms with Crippen molar-refractivity contribution >= 4 is 17.4 Å². The average molecular weight is 159 g/mol. The van der Waals surface area contributed by atoms with Crippen molar-refractivity contribution in [3.8, 4) is 0 Å². The van der Waals surface area contributed by atoms with E-state index in [1.807, 2.05) is 0 Å². The van der Waals surface area contributed by atoms with E-state index in [2.05, 4.69) is 15.3 Å². The molecule has 0 aliphatic heterocycles. The molecule has 0 unspecified atom stereocenters. The van der Waals surface area contributed by atoms with E-state index in [9.17, 15) is 0 Å². The second kappa shape index (κ2) is 3.39. The van der Waals surface area contributed by atoms with E-state index in [1.165, 1.54) is 7.11 Å². The van der Waals surface area contributed by atoms with Gasteiger partial charge in [0.2, 0.25) is 0 Å². The van der Waals surface area contributed by atoms with Gasteiger partial charge < -0.3 is 0 Å². The van der Waals surface area contributed by atoms with Crippen LogP contribution < -0.4 is 5.48 Å². The average Bonchev–Trinajstić information content (AvgIpc) is 1.94. The van der Waals surface area contributed by atoms with E-state index in [1.54, 1.807) is 18.3 Å². The van der Waals surface area contributed by atoms with Crippen molar-refractivity contribution in [2.24, 2.45) is 0 Å². The van der Waals surface area contributed by atoms with Crippen LogP contribution in [0.5, 0.6) is 0 Å². The first-order valence-electron chi connectivity index (χ1n) is 2.74. The number of anilines is 1. The smallest absolute Gasteiger partial charge is 0.168 e. The van der Waals surface area contributed by atoms with Gasteiger partial charge in [0, 0.05) is 6.20 Å². The molecular formula is C6H7ClN2O. The molecule has 10 heavy (non-hydrogen) atoms. The molecular weight excluding hydrogens is 152 g/mol. The molecule has 0 aliphatic rings. The maximum atomic E-state index is 5.70. The van der Waals surface area contributed by atoms with Crippen LogP contribution >= 0.6 is 11.6 Å². The predicted molar refractivity (Wildman–Crippen MR) is 39.9 cm³/mol. The highest BCUT2D eigenvalue weighted by atomic mass is 35.5. The van der Waals surface area contributed by atoms with Gasteiger partial charge in [-0.05, 0) is 12.1 Å². The molecule has 0 fully saturated rings. The fourth-order valence-electron chi connectivity index (χ4n) is 0.557. The third kappa shape index (κ3) is 1.59. The van der Waals surface area contributed by atoms with Gasteiger partial charge in [-0.2, -0.15) is 0 Å². The molecule has 54 valence electrons. The van der Waals surface area contributed by atoms with Crippen LogP contribution in [0.3, 0.4) is 0 Å². The molecule has 0 saturated carbocycles. The van der Waals surface area contributed by atoms with E-state index in [-0.39, 0.29) is 0 Å². The fourth-order valence-corrected chi connectivity index (χ4v) is 0.718. The minimum absolute atomic E-state index is 0.534. The molecule has 0 spiro atoms. The molecule has 0 saturated heterocycles. The van der Waals surface area contributed by atoms with Crippen molar-refractivity contribution < 1.29 is 4.84 Å². The van der Waals surface area contributed by atoms with Crippen LogP contribution in [-0.2, 0) is 4.84 Å². The lowest BCUT2D eigenvalue weighted by Crippen LogP contribution is -1.97. The van der Waals surface area contributed by atoms with Crippen molar-refractivity contribution in [3.05, 3.63) is 23.4 Å². The molecule has 0 aromatic carbocycles. The first kappa shape index (κ1) is 7.31. The van der Waals surface area contributed by atoms with Gasteiger partial charge in [0.05, 0.1) is 12.1 Å². The molecule has 0 atom stereocenters. The quantitative estimate of drug-likeness (QED) is 0.666. The zero-order valence-electron chi connectivity index (χ0n) is 5.47. The van der Waals surface area contributed by atoms with Crippen LogP contribution in [0.1, 0.15) is 0 Å². The molecule has 1 aromatic heterocycles. The summed E-state index contributed by atoms with van der Waals surface area (Å²) in [6.07, 6.45) is 1.63. The number of nitrogens with one attached hydrogen (secondary N) is 1. The molecule has 3 nitrogen and oxygen atoms in total. The van der Waals surface area contributed by atoms with Gasteiger partial charge in [-0.15, -0.1) is 0 Å². The summed E-state index contributed by atoms with van der Waals surface area (Å²) in [6.45, 7) is 0. The second-order valence-electron chi connectivity index (χ2n) is 1.64. The predicted octanol–water partition coefficient (Wildman–Crippen LogP) is 1.71. The minimum Gasteiger partial charge on any atom is -0.278 e. The number of rotatable bonds is 2. The number of nitrogens with zero attached hydrogens (tertiary/aromatic N) is 1. The van der Waals surface area contributed by atoms with Gasteiger partial charge in [-0.25, -0.2) is 10.5 Å². The SMILES string of the molecule is CONc1ncccc1Cl. The standard InChI is InChI=1S/C6H7ClN2O/c1-10-9-6-5(7)3-2-4-8-6/h2-4H,1H3,(H,8,9). The van der Waals surface area contributed by atoms with Crippen molar-refractivity contribution in [1.29, 1.82) is 0 Å². The molecule has 0 aliphatic carbocycles. The van der Waals surface area contributed by atoms with E-state index in [0.29, 0.717) is 10.8 Å². The Morgan fingerprint density at radius 3 is 3.10 bits per heavy atom. The molecule has 0 radical (unpaired) electrons. The van der Waals surface area contributed by atoms with Crippen LogP contribution in [0.2, 0.25) is 5.02 Å². The highest BCUT2D eigenvalue weighted by Crippen LogP contribution is 2.16. The van der Waals surface area contributed by atoms with E-state index in [4.69, 9.17) is 11.6 Å². The third-order valence-electron chi connectivity index (χ3n) is 0.957. The highest BCUT2D eigenvalue weighted by molar-refractivity contribution is 6.32. The molecule has 1 N–H and O–H groups in total. The summed E-state index contributed by atoms with van der Waals surface area (Å²) in [5, 5.41) is 0.546. The summed E-state index contributed by atoms with van der Waals surface area (Å²) < 4.78 is 0. The van der Waals surface area contributed by atoms with Gasteiger partial charge in [-0.3, -0.25) is 4.84 Å². The summed E-state index contributed by atoms with van der Waals surface area (Å²) in [6, 6.07) is 3.49. The van der Waals surface area contributed by atoms with Crippen LogP contribution in [-0.4, -0.2) is 12.1 Å². The zero-order chi connectivity index (χ0) is 7.40. The molecule has 1 aromatic rings. The number of pyridine rings is 1. The normalized spacial score (nSPS) is 9.40. The van der Waals surface area contributed by atoms with Gasteiger partial charge in [0.15, 0.2) is 5.82 Å².